The molecule has 0 aliphatic heterocycles. The van der Waals surface area contributed by atoms with Gasteiger partial charge in [-0.25, -0.2) is 0 Å². The van der Waals surface area contributed by atoms with Crippen molar-refractivity contribution in [3.8, 4) is 0 Å². The highest BCUT2D eigenvalue weighted by atomic mass is 19.4. The second-order valence-electron chi connectivity index (χ2n) is 2.27. The summed E-state index contributed by atoms with van der Waals surface area (Å²) >= 11 is 0. The number of halogens is 3. The predicted octanol–water partition coefficient (Wildman–Crippen LogP) is 2.57. The summed E-state index contributed by atoms with van der Waals surface area (Å²) in [6.45, 7) is 0. The topological polar surface area (TPSA) is 14.1 Å². The highest BCUT2D eigenvalue weighted by Gasteiger charge is 2.29. The summed E-state index contributed by atoms with van der Waals surface area (Å²) in [6, 6.07) is 4.70. The van der Waals surface area contributed by atoms with Crippen LogP contribution < -0.4 is 5.32 Å². The molecule has 0 unspecified atom stereocenters. The molecule has 4 heteroatoms. The average Bonchev–Trinajstić information content (AvgIpc) is 2.03. The van der Waals surface area contributed by atoms with Crippen LogP contribution in [0.25, 0.3) is 0 Å². The van der Waals surface area contributed by atoms with Crippen molar-refractivity contribution in [2.75, 3.05) is 7.05 Å². The Hall–Kier alpha value is -1.19. The van der Waals surface area contributed by atoms with Crippen LogP contribution in [0.1, 0.15) is 5.56 Å². The van der Waals surface area contributed by atoms with E-state index in [2.05, 4.69) is 5.32 Å². The van der Waals surface area contributed by atoms with Crippen molar-refractivity contribution < 1.29 is 13.2 Å². The minimum atomic E-state index is -4.26. The van der Waals surface area contributed by atoms with E-state index in [1.807, 2.05) is 0 Å². The van der Waals surface area contributed by atoms with Gasteiger partial charge in [0.05, 0.1) is 11.3 Å². The van der Waals surface area contributed by atoms with Crippen LogP contribution >= 0.6 is 0 Å². The number of nitrogens with zero attached hydrogens (tertiary/aromatic N) is 1. The lowest BCUT2D eigenvalue weighted by molar-refractivity contribution is -0.137. The normalized spacial score (nSPS) is 11.3. The fourth-order valence-electron chi connectivity index (χ4n) is 0.799. The maximum atomic E-state index is 12.0. The molecule has 0 spiro atoms. The third kappa shape index (κ3) is 1.90. The maximum Gasteiger partial charge on any atom is 0.416 e. The SMILES string of the molecule is C[N]c1ccc(C(F)(F)F)cc1. The van der Waals surface area contributed by atoms with E-state index in [1.54, 1.807) is 0 Å². The quantitative estimate of drug-likeness (QED) is 0.621. The van der Waals surface area contributed by atoms with Crippen molar-refractivity contribution in [1.82, 2.24) is 5.32 Å². The Morgan fingerprint density at radius 1 is 1.08 bits per heavy atom. The van der Waals surface area contributed by atoms with E-state index in [9.17, 15) is 13.2 Å². The zero-order valence-electron chi connectivity index (χ0n) is 6.39. The highest BCUT2D eigenvalue weighted by Crippen LogP contribution is 2.29. The molecule has 1 radical (unpaired) electrons. The molecule has 0 N–H and O–H groups in total. The molecule has 0 saturated carbocycles. The lowest BCUT2D eigenvalue weighted by Crippen LogP contribution is -2.04. The molecule has 0 bridgehead atoms. The Morgan fingerprint density at radius 2 is 1.58 bits per heavy atom. The first kappa shape index (κ1) is 8.90. The van der Waals surface area contributed by atoms with Gasteiger partial charge in [0.15, 0.2) is 0 Å². The lowest BCUT2D eigenvalue weighted by atomic mass is 10.2. The van der Waals surface area contributed by atoms with Crippen LogP contribution in [0.15, 0.2) is 24.3 Å². The molecule has 0 heterocycles. The Balaban J connectivity index is 2.93. The second-order valence-corrected chi connectivity index (χ2v) is 2.27. The summed E-state index contributed by atoms with van der Waals surface area (Å²) in [5.74, 6) is 0. The van der Waals surface area contributed by atoms with E-state index < -0.39 is 11.7 Å². The molecule has 0 aromatic heterocycles. The van der Waals surface area contributed by atoms with Gasteiger partial charge in [-0.15, -0.1) is 0 Å². The highest BCUT2D eigenvalue weighted by molar-refractivity contribution is 5.38. The van der Waals surface area contributed by atoms with E-state index in [4.69, 9.17) is 0 Å². The van der Waals surface area contributed by atoms with Crippen molar-refractivity contribution in [3.63, 3.8) is 0 Å². The molecule has 0 amide bonds. The van der Waals surface area contributed by atoms with Gasteiger partial charge in [0.1, 0.15) is 0 Å². The number of hydrogen-bond acceptors (Lipinski definition) is 0. The van der Waals surface area contributed by atoms with Gasteiger partial charge in [-0.3, -0.25) is 5.32 Å². The van der Waals surface area contributed by atoms with Gasteiger partial charge in [0, 0.05) is 7.05 Å². The number of hydrogen-bond donors (Lipinski definition) is 0. The molecular weight excluding hydrogens is 167 g/mol. The van der Waals surface area contributed by atoms with Crippen molar-refractivity contribution >= 4 is 5.69 Å². The van der Waals surface area contributed by atoms with E-state index in [0.29, 0.717) is 5.69 Å². The van der Waals surface area contributed by atoms with Gasteiger partial charge < -0.3 is 0 Å². The molecule has 1 rings (SSSR count). The standard InChI is InChI=1S/C8H7F3N/c1-12-7-4-2-6(3-5-7)8(9,10)11/h2-5H,1H3. The smallest absolute Gasteiger partial charge is 0.289 e. The van der Waals surface area contributed by atoms with Gasteiger partial charge in [0.25, 0.3) is 0 Å². The molecule has 1 aromatic rings. The average molecular weight is 174 g/mol. The molecule has 12 heavy (non-hydrogen) atoms. The Morgan fingerprint density at radius 3 is 1.92 bits per heavy atom. The van der Waals surface area contributed by atoms with Gasteiger partial charge in [-0.05, 0) is 24.3 Å². The van der Waals surface area contributed by atoms with Gasteiger partial charge in [-0.1, -0.05) is 0 Å². The minimum absolute atomic E-state index is 0.544. The van der Waals surface area contributed by atoms with Crippen LogP contribution in [0.4, 0.5) is 18.9 Å². The molecule has 0 aliphatic rings. The van der Waals surface area contributed by atoms with Gasteiger partial charge in [-0.2, -0.15) is 13.2 Å². The fourth-order valence-corrected chi connectivity index (χ4v) is 0.799. The first-order valence-electron chi connectivity index (χ1n) is 3.31. The summed E-state index contributed by atoms with van der Waals surface area (Å²) in [5.41, 5.74) is -0.0992. The van der Waals surface area contributed by atoms with Crippen LogP contribution in [0.5, 0.6) is 0 Å². The van der Waals surface area contributed by atoms with Crippen LogP contribution in [-0.2, 0) is 6.18 Å². The summed E-state index contributed by atoms with van der Waals surface area (Å²) in [6.07, 6.45) is -4.26. The minimum Gasteiger partial charge on any atom is -0.289 e. The maximum absolute atomic E-state index is 12.0. The number of benzene rings is 1. The van der Waals surface area contributed by atoms with Crippen molar-refractivity contribution in [1.29, 1.82) is 0 Å². The molecular formula is C8H7F3N. The first-order chi connectivity index (χ1) is 5.54. The zero-order valence-corrected chi connectivity index (χ0v) is 6.39. The fraction of sp³-hybridized carbons (Fsp3) is 0.250. The molecule has 1 aromatic carbocycles. The molecule has 1 nitrogen and oxygen atoms in total. The summed E-state index contributed by atoms with van der Waals surface area (Å²) in [4.78, 5) is 0. The van der Waals surface area contributed by atoms with E-state index in [0.717, 1.165) is 12.1 Å². The molecule has 0 aliphatic carbocycles. The van der Waals surface area contributed by atoms with E-state index in [-0.39, 0.29) is 0 Å². The Bertz CT molecular complexity index is 250. The Labute approximate surface area is 68.2 Å². The van der Waals surface area contributed by atoms with Crippen molar-refractivity contribution in [2.24, 2.45) is 0 Å². The van der Waals surface area contributed by atoms with Crippen LogP contribution in [0, 0.1) is 0 Å². The molecule has 0 atom stereocenters. The zero-order chi connectivity index (χ0) is 9.19. The monoisotopic (exact) mass is 174 g/mol. The summed E-state index contributed by atoms with van der Waals surface area (Å²) in [7, 11) is 1.53. The molecule has 65 valence electrons. The number of alkyl halides is 3. The van der Waals surface area contributed by atoms with Crippen LogP contribution in [0.2, 0.25) is 0 Å². The second kappa shape index (κ2) is 3.05. The van der Waals surface area contributed by atoms with Crippen LogP contribution in [-0.4, -0.2) is 7.05 Å². The lowest BCUT2D eigenvalue weighted by Gasteiger charge is -2.05. The molecule has 0 fully saturated rings. The third-order valence-electron chi connectivity index (χ3n) is 1.45. The number of rotatable bonds is 1. The first-order valence-corrected chi connectivity index (χ1v) is 3.31. The third-order valence-corrected chi connectivity index (χ3v) is 1.45. The molecule has 0 saturated heterocycles. The van der Waals surface area contributed by atoms with Crippen molar-refractivity contribution in [3.05, 3.63) is 29.8 Å². The predicted molar refractivity (Wildman–Crippen MR) is 39.2 cm³/mol. The van der Waals surface area contributed by atoms with Gasteiger partial charge >= 0.3 is 6.18 Å². The summed E-state index contributed by atoms with van der Waals surface area (Å²) < 4.78 is 36.0. The Kier molecular flexibility index (Phi) is 2.26. The van der Waals surface area contributed by atoms with Gasteiger partial charge in [0.2, 0.25) is 0 Å². The summed E-state index contributed by atoms with van der Waals surface area (Å²) in [5, 5.41) is 3.73. The van der Waals surface area contributed by atoms with Crippen molar-refractivity contribution in [2.45, 2.75) is 6.18 Å². The van der Waals surface area contributed by atoms with E-state index >= 15 is 0 Å². The largest absolute Gasteiger partial charge is 0.416 e. The van der Waals surface area contributed by atoms with E-state index in [1.165, 1.54) is 19.2 Å². The van der Waals surface area contributed by atoms with Crippen LogP contribution in [0.3, 0.4) is 0 Å².